The third-order valence-electron chi connectivity index (χ3n) is 6.65. The highest BCUT2D eigenvalue weighted by molar-refractivity contribution is 5.94. The molecule has 3 aromatic rings. The second-order valence-corrected chi connectivity index (χ2v) is 9.53. The highest BCUT2D eigenvalue weighted by Gasteiger charge is 2.36. The predicted octanol–water partition coefficient (Wildman–Crippen LogP) is 4.06. The van der Waals surface area contributed by atoms with Gasteiger partial charge in [-0.25, -0.2) is 15.0 Å². The average Bonchev–Trinajstić information content (AvgIpc) is 3.11. The van der Waals surface area contributed by atoms with E-state index in [-0.39, 0.29) is 23.7 Å². The summed E-state index contributed by atoms with van der Waals surface area (Å²) in [6, 6.07) is 3.87. The number of pyridine rings is 1. The summed E-state index contributed by atoms with van der Waals surface area (Å²) in [5, 5.41) is 7.11. The molecule has 188 valence electrons. The van der Waals surface area contributed by atoms with Crippen LogP contribution in [0, 0.1) is 5.92 Å². The topological polar surface area (TPSA) is 91.0 Å². The maximum Gasteiger partial charge on any atom is 0.419 e. The minimum atomic E-state index is -4.59. The van der Waals surface area contributed by atoms with Crippen molar-refractivity contribution in [3.8, 4) is 11.3 Å². The average molecular weight is 490 g/mol. The molecule has 0 amide bonds. The van der Waals surface area contributed by atoms with Gasteiger partial charge in [0, 0.05) is 49.1 Å². The summed E-state index contributed by atoms with van der Waals surface area (Å²) in [6.45, 7) is 7.96. The van der Waals surface area contributed by atoms with E-state index in [1.165, 1.54) is 0 Å². The van der Waals surface area contributed by atoms with Gasteiger partial charge in [0.25, 0.3) is 0 Å². The minimum absolute atomic E-state index is 0.0510. The molecule has 2 fully saturated rings. The van der Waals surface area contributed by atoms with Crippen LogP contribution in [0.15, 0.2) is 24.5 Å². The molecule has 0 spiro atoms. The molecule has 0 aliphatic carbocycles. The second-order valence-electron chi connectivity index (χ2n) is 9.53. The maximum atomic E-state index is 13.9. The number of hydrogen-bond donors (Lipinski definition) is 3. The van der Waals surface area contributed by atoms with Gasteiger partial charge in [0.2, 0.25) is 5.95 Å². The Balaban J connectivity index is 1.50. The SMILES string of the molecule is C[C@H]1CNC[C@@H](Nc2ncc(C(F)(F)F)c(-c3c[nH]c4nc(N5CCCOC[C@@H]5C)ccc34)n2)C1. The highest BCUT2D eigenvalue weighted by Crippen LogP contribution is 2.39. The van der Waals surface area contributed by atoms with Crippen LogP contribution in [0.5, 0.6) is 0 Å². The van der Waals surface area contributed by atoms with Gasteiger partial charge in [0.05, 0.1) is 18.3 Å². The van der Waals surface area contributed by atoms with Crippen molar-refractivity contribution in [3.05, 3.63) is 30.1 Å². The number of nitrogens with zero attached hydrogens (tertiary/aromatic N) is 4. The molecule has 35 heavy (non-hydrogen) atoms. The lowest BCUT2D eigenvalue weighted by Gasteiger charge is -2.28. The van der Waals surface area contributed by atoms with Gasteiger partial charge in [-0.1, -0.05) is 6.92 Å². The van der Waals surface area contributed by atoms with Gasteiger partial charge in [-0.15, -0.1) is 0 Å². The lowest BCUT2D eigenvalue weighted by molar-refractivity contribution is -0.137. The molecule has 0 saturated carbocycles. The number of piperidine rings is 1. The van der Waals surface area contributed by atoms with Crippen LogP contribution >= 0.6 is 0 Å². The molecule has 2 saturated heterocycles. The van der Waals surface area contributed by atoms with Crippen LogP contribution in [0.2, 0.25) is 0 Å². The van der Waals surface area contributed by atoms with Crippen LogP contribution in [0.3, 0.4) is 0 Å². The van der Waals surface area contributed by atoms with Crippen LogP contribution in [0.1, 0.15) is 32.3 Å². The number of aromatic nitrogens is 4. The monoisotopic (exact) mass is 489 g/mol. The molecule has 2 aliphatic heterocycles. The minimum Gasteiger partial charge on any atom is -0.379 e. The van der Waals surface area contributed by atoms with Gasteiger partial charge >= 0.3 is 6.18 Å². The Bertz CT molecular complexity index is 1180. The molecule has 2 aliphatic rings. The molecule has 3 atom stereocenters. The zero-order valence-electron chi connectivity index (χ0n) is 19.8. The second kappa shape index (κ2) is 9.62. The van der Waals surface area contributed by atoms with E-state index in [9.17, 15) is 13.2 Å². The molecule has 0 radical (unpaired) electrons. The molecule has 0 bridgehead atoms. The van der Waals surface area contributed by atoms with E-state index in [4.69, 9.17) is 9.72 Å². The number of aromatic amines is 1. The Hall–Kier alpha value is -2.92. The zero-order chi connectivity index (χ0) is 24.6. The number of fused-ring (bicyclic) bond motifs is 1. The van der Waals surface area contributed by atoms with Crippen LogP contribution in [0.4, 0.5) is 24.9 Å². The number of hydrogen-bond acceptors (Lipinski definition) is 7. The van der Waals surface area contributed by atoms with Crippen molar-refractivity contribution in [1.82, 2.24) is 25.3 Å². The number of nitrogens with one attached hydrogen (secondary N) is 3. The molecule has 5 heterocycles. The summed E-state index contributed by atoms with van der Waals surface area (Å²) >= 11 is 0. The van der Waals surface area contributed by atoms with Crippen molar-refractivity contribution < 1.29 is 17.9 Å². The molecule has 11 heteroatoms. The third kappa shape index (κ3) is 5.06. The molecular formula is C24H30F3N7O. The fraction of sp³-hybridized carbons (Fsp3) is 0.542. The van der Waals surface area contributed by atoms with Gasteiger partial charge in [0.1, 0.15) is 17.0 Å². The first-order valence-electron chi connectivity index (χ1n) is 12.0. The first kappa shape index (κ1) is 23.8. The lowest BCUT2D eigenvalue weighted by Crippen LogP contribution is -2.42. The summed E-state index contributed by atoms with van der Waals surface area (Å²) in [7, 11) is 0. The number of H-pyrrole nitrogens is 1. The summed E-state index contributed by atoms with van der Waals surface area (Å²) in [5.74, 6) is 1.41. The zero-order valence-corrected chi connectivity index (χ0v) is 19.8. The molecule has 0 aromatic carbocycles. The molecule has 5 rings (SSSR count). The molecular weight excluding hydrogens is 459 g/mol. The van der Waals surface area contributed by atoms with Crippen molar-refractivity contribution in [2.75, 3.05) is 43.1 Å². The van der Waals surface area contributed by atoms with E-state index in [1.807, 2.05) is 12.1 Å². The summed E-state index contributed by atoms with van der Waals surface area (Å²) in [5.41, 5.74) is -0.175. The number of rotatable bonds is 4. The molecule has 3 aromatic heterocycles. The maximum absolute atomic E-state index is 13.9. The number of ether oxygens (including phenoxy) is 1. The Morgan fingerprint density at radius 3 is 2.83 bits per heavy atom. The van der Waals surface area contributed by atoms with Crippen molar-refractivity contribution in [2.45, 2.75) is 44.9 Å². The van der Waals surface area contributed by atoms with Crippen LogP contribution in [0.25, 0.3) is 22.3 Å². The third-order valence-corrected chi connectivity index (χ3v) is 6.65. The Labute approximate surface area is 201 Å². The number of anilines is 2. The lowest BCUT2D eigenvalue weighted by atomic mass is 9.98. The molecule has 0 unspecified atom stereocenters. The Morgan fingerprint density at radius 2 is 2.03 bits per heavy atom. The van der Waals surface area contributed by atoms with Gasteiger partial charge < -0.3 is 25.3 Å². The first-order valence-corrected chi connectivity index (χ1v) is 12.0. The van der Waals surface area contributed by atoms with E-state index in [1.54, 1.807) is 6.20 Å². The van der Waals surface area contributed by atoms with Crippen molar-refractivity contribution in [3.63, 3.8) is 0 Å². The van der Waals surface area contributed by atoms with Crippen LogP contribution < -0.4 is 15.5 Å². The van der Waals surface area contributed by atoms with Gasteiger partial charge in [-0.05, 0) is 44.4 Å². The Morgan fingerprint density at radius 1 is 1.17 bits per heavy atom. The van der Waals surface area contributed by atoms with E-state index in [0.717, 1.165) is 37.9 Å². The fourth-order valence-electron chi connectivity index (χ4n) is 4.90. The summed E-state index contributed by atoms with van der Waals surface area (Å²) in [6.07, 6.45) is -0.396. The van der Waals surface area contributed by atoms with Crippen LogP contribution in [-0.4, -0.2) is 64.9 Å². The van der Waals surface area contributed by atoms with Gasteiger partial charge in [-0.2, -0.15) is 13.2 Å². The summed E-state index contributed by atoms with van der Waals surface area (Å²) in [4.78, 5) is 18.3. The quantitative estimate of drug-likeness (QED) is 0.509. The van der Waals surface area contributed by atoms with E-state index in [2.05, 4.69) is 44.3 Å². The van der Waals surface area contributed by atoms with Gasteiger partial charge in [0.15, 0.2) is 0 Å². The van der Waals surface area contributed by atoms with E-state index >= 15 is 0 Å². The van der Waals surface area contributed by atoms with Crippen molar-refractivity contribution in [2.24, 2.45) is 5.92 Å². The molecule has 3 N–H and O–H groups in total. The number of halogens is 3. The smallest absolute Gasteiger partial charge is 0.379 e. The van der Waals surface area contributed by atoms with E-state index in [0.29, 0.717) is 42.3 Å². The molecule has 8 nitrogen and oxygen atoms in total. The summed E-state index contributed by atoms with van der Waals surface area (Å²) < 4.78 is 47.4. The standard InChI is InChI=1S/C24H30F3N7O/c1-14-8-16(10-28-9-14)31-23-30-12-19(24(25,26)27)21(33-23)18-11-29-22-17(18)4-5-20(32-22)34-6-3-7-35-13-15(34)2/h4-5,11-12,14-16,28H,3,6-10,13H2,1-2H3,(H,29,32)(H,30,31,33)/t14-,15+,16+/m1/s1. The van der Waals surface area contributed by atoms with E-state index < -0.39 is 11.7 Å². The normalized spacial score (nSPS) is 23.9. The first-order chi connectivity index (χ1) is 16.8. The number of alkyl halides is 3. The largest absolute Gasteiger partial charge is 0.419 e. The van der Waals surface area contributed by atoms with Gasteiger partial charge in [-0.3, -0.25) is 0 Å². The van der Waals surface area contributed by atoms with Crippen molar-refractivity contribution in [1.29, 1.82) is 0 Å². The fourth-order valence-corrected chi connectivity index (χ4v) is 4.90. The predicted molar refractivity (Wildman–Crippen MR) is 128 cm³/mol. The van der Waals surface area contributed by atoms with Crippen molar-refractivity contribution >= 4 is 22.8 Å². The Kier molecular flexibility index (Phi) is 6.54. The van der Waals surface area contributed by atoms with Crippen LogP contribution in [-0.2, 0) is 10.9 Å². The highest BCUT2D eigenvalue weighted by atomic mass is 19.4.